The van der Waals surface area contributed by atoms with Crippen LogP contribution in [0.1, 0.15) is 53.4 Å². The lowest BCUT2D eigenvalue weighted by Gasteiger charge is -2.31. The molecule has 1 saturated carbocycles. The van der Waals surface area contributed by atoms with Crippen molar-refractivity contribution < 1.29 is 4.79 Å². The first-order valence-corrected chi connectivity index (χ1v) is 8.32. The molecule has 0 aromatic rings. The molecule has 4 heteroatoms. The molecule has 2 N–H and O–H groups in total. The minimum absolute atomic E-state index is 0.00203. The van der Waals surface area contributed by atoms with Crippen molar-refractivity contribution in [1.29, 1.82) is 0 Å². The quantitative estimate of drug-likeness (QED) is 0.683. The van der Waals surface area contributed by atoms with Crippen molar-refractivity contribution in [2.45, 2.75) is 59.4 Å². The van der Waals surface area contributed by atoms with Gasteiger partial charge in [0, 0.05) is 19.1 Å². The van der Waals surface area contributed by atoms with E-state index in [0.717, 1.165) is 38.5 Å². The minimum atomic E-state index is -0.00203. The first-order valence-electron chi connectivity index (χ1n) is 8.32. The van der Waals surface area contributed by atoms with Gasteiger partial charge < -0.3 is 10.6 Å². The third-order valence-corrected chi connectivity index (χ3v) is 4.35. The molecule has 0 aromatic heterocycles. The second kappa shape index (κ2) is 9.22. The van der Waals surface area contributed by atoms with Gasteiger partial charge in [0.05, 0.1) is 0 Å². The smallest absolute Gasteiger partial charge is 0.314 e. The van der Waals surface area contributed by atoms with E-state index in [-0.39, 0.29) is 6.03 Å². The normalized spacial score (nSPS) is 17.1. The Morgan fingerprint density at radius 1 is 1.20 bits per heavy atom. The lowest BCUT2D eigenvalue weighted by Crippen LogP contribution is -2.48. The predicted octanol–water partition coefficient (Wildman–Crippen LogP) is 2.84. The van der Waals surface area contributed by atoms with Gasteiger partial charge in [-0.15, -0.1) is 0 Å². The molecule has 1 atom stereocenters. The Labute approximate surface area is 124 Å². The molecule has 1 aliphatic carbocycles. The molecule has 118 valence electrons. The summed E-state index contributed by atoms with van der Waals surface area (Å²) in [4.78, 5) is 14.3. The molecule has 0 radical (unpaired) electrons. The molecule has 1 aliphatic rings. The van der Waals surface area contributed by atoms with Gasteiger partial charge >= 0.3 is 6.03 Å². The highest BCUT2D eigenvalue weighted by atomic mass is 16.2. The van der Waals surface area contributed by atoms with Crippen LogP contribution in [0.25, 0.3) is 0 Å². The summed E-state index contributed by atoms with van der Waals surface area (Å²) in [5.74, 6) is 1.37. The average molecular weight is 283 g/mol. The highest BCUT2D eigenvalue weighted by Gasteiger charge is 2.20. The van der Waals surface area contributed by atoms with E-state index in [2.05, 4.69) is 43.2 Å². The van der Waals surface area contributed by atoms with Gasteiger partial charge in [-0.25, -0.2) is 4.79 Å². The van der Waals surface area contributed by atoms with Crippen LogP contribution in [0.2, 0.25) is 0 Å². The SMILES string of the molecule is CCN(CC)C(CNC(=O)NCC1CCC1)CC(C)C. The Kier molecular flexibility index (Phi) is 7.97. The number of likely N-dealkylation sites (N-methyl/N-ethyl adjacent to an activating group) is 1. The summed E-state index contributed by atoms with van der Waals surface area (Å²) in [7, 11) is 0. The summed E-state index contributed by atoms with van der Waals surface area (Å²) in [5.41, 5.74) is 0. The molecule has 1 fully saturated rings. The molecule has 4 nitrogen and oxygen atoms in total. The van der Waals surface area contributed by atoms with E-state index in [1.54, 1.807) is 0 Å². The topological polar surface area (TPSA) is 44.4 Å². The molecule has 1 rings (SSSR count). The molecule has 2 amide bonds. The number of carbonyl (C=O) groups is 1. The van der Waals surface area contributed by atoms with Crippen LogP contribution < -0.4 is 10.6 Å². The van der Waals surface area contributed by atoms with Crippen LogP contribution >= 0.6 is 0 Å². The Hall–Kier alpha value is -0.770. The second-order valence-electron chi connectivity index (χ2n) is 6.39. The third-order valence-electron chi connectivity index (χ3n) is 4.35. The molecule has 0 aromatic carbocycles. The van der Waals surface area contributed by atoms with Crippen molar-refractivity contribution in [3.63, 3.8) is 0 Å². The average Bonchev–Trinajstić information content (AvgIpc) is 2.34. The molecule has 0 spiro atoms. The van der Waals surface area contributed by atoms with E-state index in [1.165, 1.54) is 19.3 Å². The first kappa shape index (κ1) is 17.3. The molecule has 0 saturated heterocycles. The molecule has 0 aliphatic heterocycles. The molecular weight excluding hydrogens is 250 g/mol. The Morgan fingerprint density at radius 2 is 1.85 bits per heavy atom. The zero-order valence-electron chi connectivity index (χ0n) is 13.7. The monoisotopic (exact) mass is 283 g/mol. The van der Waals surface area contributed by atoms with Gasteiger partial charge in [-0.1, -0.05) is 34.1 Å². The van der Waals surface area contributed by atoms with Gasteiger partial charge in [-0.3, -0.25) is 4.90 Å². The highest BCUT2D eigenvalue weighted by Crippen LogP contribution is 2.25. The van der Waals surface area contributed by atoms with Crippen LogP contribution in [0.5, 0.6) is 0 Å². The summed E-state index contributed by atoms with van der Waals surface area (Å²) in [6.45, 7) is 12.5. The maximum Gasteiger partial charge on any atom is 0.314 e. The maximum atomic E-state index is 11.8. The van der Waals surface area contributed by atoms with Gasteiger partial charge in [0.1, 0.15) is 0 Å². The fourth-order valence-corrected chi connectivity index (χ4v) is 2.85. The fourth-order valence-electron chi connectivity index (χ4n) is 2.85. The summed E-state index contributed by atoms with van der Waals surface area (Å²) in [6.07, 6.45) is 5.00. The van der Waals surface area contributed by atoms with Gasteiger partial charge in [0.2, 0.25) is 0 Å². The lowest BCUT2D eigenvalue weighted by atomic mass is 9.85. The number of hydrogen-bond acceptors (Lipinski definition) is 2. The number of hydrogen-bond donors (Lipinski definition) is 2. The molecule has 0 bridgehead atoms. The summed E-state index contributed by atoms with van der Waals surface area (Å²) in [5, 5.41) is 6.05. The van der Waals surface area contributed by atoms with Crippen LogP contribution in [-0.2, 0) is 0 Å². The van der Waals surface area contributed by atoms with Crippen LogP contribution in [-0.4, -0.2) is 43.2 Å². The molecule has 1 unspecified atom stereocenters. The highest BCUT2D eigenvalue weighted by molar-refractivity contribution is 5.73. The van der Waals surface area contributed by atoms with Gasteiger partial charge in [-0.05, 0) is 44.2 Å². The van der Waals surface area contributed by atoms with E-state index in [1.807, 2.05) is 0 Å². The van der Waals surface area contributed by atoms with Crippen LogP contribution in [0.15, 0.2) is 0 Å². The fraction of sp³-hybridized carbons (Fsp3) is 0.938. The zero-order chi connectivity index (χ0) is 15.0. The van der Waals surface area contributed by atoms with E-state index in [4.69, 9.17) is 0 Å². The number of nitrogens with zero attached hydrogens (tertiary/aromatic N) is 1. The standard InChI is InChI=1S/C16H33N3O/c1-5-19(6-2)15(10-13(3)4)12-18-16(20)17-11-14-8-7-9-14/h13-15H,5-12H2,1-4H3,(H2,17,18,20). The number of urea groups is 1. The van der Waals surface area contributed by atoms with E-state index in [9.17, 15) is 4.79 Å². The Balaban J connectivity index is 2.29. The third kappa shape index (κ3) is 6.12. The second-order valence-corrected chi connectivity index (χ2v) is 6.39. The largest absolute Gasteiger partial charge is 0.338 e. The molecule has 20 heavy (non-hydrogen) atoms. The number of nitrogens with one attached hydrogen (secondary N) is 2. The Bertz CT molecular complexity index is 273. The van der Waals surface area contributed by atoms with Crippen molar-refractivity contribution in [1.82, 2.24) is 15.5 Å². The minimum Gasteiger partial charge on any atom is -0.338 e. The van der Waals surface area contributed by atoms with Crippen LogP contribution in [0.3, 0.4) is 0 Å². The number of carbonyl (C=O) groups excluding carboxylic acids is 1. The maximum absolute atomic E-state index is 11.8. The van der Waals surface area contributed by atoms with Gasteiger partial charge in [0.25, 0.3) is 0 Å². The van der Waals surface area contributed by atoms with Crippen molar-refractivity contribution in [2.24, 2.45) is 11.8 Å². The first-order chi connectivity index (χ1) is 9.56. The van der Waals surface area contributed by atoms with Crippen LogP contribution in [0.4, 0.5) is 4.79 Å². The Morgan fingerprint density at radius 3 is 2.30 bits per heavy atom. The molecular formula is C16H33N3O. The van der Waals surface area contributed by atoms with Crippen molar-refractivity contribution in [2.75, 3.05) is 26.2 Å². The lowest BCUT2D eigenvalue weighted by molar-refractivity contribution is 0.183. The molecule has 0 heterocycles. The van der Waals surface area contributed by atoms with Gasteiger partial charge in [0.15, 0.2) is 0 Å². The van der Waals surface area contributed by atoms with E-state index < -0.39 is 0 Å². The summed E-state index contributed by atoms with van der Waals surface area (Å²) >= 11 is 0. The van der Waals surface area contributed by atoms with Crippen molar-refractivity contribution >= 4 is 6.03 Å². The number of rotatable bonds is 9. The van der Waals surface area contributed by atoms with E-state index in [0.29, 0.717) is 12.0 Å². The summed E-state index contributed by atoms with van der Waals surface area (Å²) in [6, 6.07) is 0.442. The van der Waals surface area contributed by atoms with Crippen LogP contribution in [0, 0.1) is 11.8 Å². The van der Waals surface area contributed by atoms with Crippen molar-refractivity contribution in [3.05, 3.63) is 0 Å². The number of amides is 2. The summed E-state index contributed by atoms with van der Waals surface area (Å²) < 4.78 is 0. The van der Waals surface area contributed by atoms with Gasteiger partial charge in [-0.2, -0.15) is 0 Å². The van der Waals surface area contributed by atoms with E-state index >= 15 is 0 Å². The predicted molar refractivity (Wildman–Crippen MR) is 84.9 cm³/mol. The zero-order valence-corrected chi connectivity index (χ0v) is 13.7. The van der Waals surface area contributed by atoms with Crippen molar-refractivity contribution in [3.8, 4) is 0 Å².